The van der Waals surface area contributed by atoms with Crippen LogP contribution in [0.2, 0.25) is 10.0 Å². The number of hydrazone groups is 1. The van der Waals surface area contributed by atoms with E-state index in [9.17, 15) is 14.4 Å². The molecule has 232 valence electrons. The van der Waals surface area contributed by atoms with Gasteiger partial charge in [0.15, 0.2) is 0 Å². The predicted molar refractivity (Wildman–Crippen MR) is 166 cm³/mol. The molecule has 0 aliphatic carbocycles. The molecule has 1 fully saturated rings. The van der Waals surface area contributed by atoms with Crippen molar-refractivity contribution in [3.05, 3.63) is 28.2 Å². The molecule has 3 rings (SSSR count). The summed E-state index contributed by atoms with van der Waals surface area (Å²) in [5.74, 6) is 0.654. The van der Waals surface area contributed by atoms with E-state index >= 15 is 0 Å². The fraction of sp³-hybridized carbons (Fsp3) is 0.630. The van der Waals surface area contributed by atoms with Crippen molar-refractivity contribution in [2.75, 3.05) is 70.9 Å². The molecule has 1 aromatic rings. The fourth-order valence-corrected chi connectivity index (χ4v) is 4.47. The van der Waals surface area contributed by atoms with Gasteiger partial charge in [-0.25, -0.2) is 4.79 Å². The molecule has 0 bridgehead atoms. The van der Waals surface area contributed by atoms with Gasteiger partial charge >= 0.3 is 6.09 Å². The van der Waals surface area contributed by atoms with Crippen LogP contribution < -0.4 is 15.6 Å². The number of aldehydes is 1. The predicted octanol–water partition coefficient (Wildman–Crippen LogP) is 4.06. The molecule has 1 saturated heterocycles. The number of anilines is 1. The minimum absolute atomic E-state index is 0.0829. The van der Waals surface area contributed by atoms with Gasteiger partial charge in [0.25, 0.3) is 0 Å². The summed E-state index contributed by atoms with van der Waals surface area (Å²) in [7, 11) is 2.19. The molecule has 2 amide bonds. The van der Waals surface area contributed by atoms with Crippen LogP contribution in [0.3, 0.4) is 0 Å². The maximum Gasteiger partial charge on any atom is 0.407 e. The number of ether oxygens (including phenoxy) is 3. The first-order chi connectivity index (χ1) is 19.5. The molecule has 2 heterocycles. The number of carbonyl (C=O) groups is 3. The molecule has 1 aromatic carbocycles. The number of amides is 2. The topological polar surface area (TPSA) is 122 Å². The number of thioether (sulfide) groups is 1. The molecular formula is C27H43Cl2N5O6S. The zero-order chi connectivity index (χ0) is 30.7. The van der Waals surface area contributed by atoms with Crippen molar-refractivity contribution in [3.8, 4) is 0 Å². The first-order valence-electron chi connectivity index (χ1n) is 13.3. The van der Waals surface area contributed by atoms with Gasteiger partial charge in [-0.2, -0.15) is 16.9 Å². The smallest absolute Gasteiger partial charge is 0.407 e. The number of likely N-dealkylation sites (tertiary alicyclic amines) is 1. The Balaban J connectivity index is 0.000000326. The van der Waals surface area contributed by atoms with Gasteiger partial charge in [-0.3, -0.25) is 9.80 Å². The molecule has 0 radical (unpaired) electrons. The molecule has 1 unspecified atom stereocenters. The molecule has 41 heavy (non-hydrogen) atoms. The van der Waals surface area contributed by atoms with Gasteiger partial charge in [0.1, 0.15) is 24.3 Å². The molecule has 2 aliphatic heterocycles. The third-order valence-electron chi connectivity index (χ3n) is 5.38. The van der Waals surface area contributed by atoms with Crippen molar-refractivity contribution >= 4 is 65.3 Å². The number of nitrogens with zero attached hydrogens (tertiary/aromatic N) is 3. The number of alkyl carbamates (subject to hydrolysis) is 1. The van der Waals surface area contributed by atoms with E-state index in [-0.39, 0.29) is 6.61 Å². The zero-order valence-corrected chi connectivity index (χ0v) is 26.8. The number of amidine groups is 1. The Labute approximate surface area is 257 Å². The summed E-state index contributed by atoms with van der Waals surface area (Å²) in [6, 6.07) is 5.30. The summed E-state index contributed by atoms with van der Waals surface area (Å²) in [5.41, 5.74) is 0.366. The Morgan fingerprint density at radius 3 is 2.44 bits per heavy atom. The van der Waals surface area contributed by atoms with Crippen LogP contribution in [0, 0.1) is 0 Å². The quantitative estimate of drug-likeness (QED) is 0.274. The normalized spacial score (nSPS) is 16.5. The Hall–Kier alpha value is -2.09. The standard InChI is InChI=1S/C11H21NO5.C10H9Cl2N3O.C6H13NS/c1-11(2,3)17-10(14)12-4-6-15-8-9-16-7-5-13;11-8-2-1-7(5-9(8)12)15-4-3-10(14-15)13-6-16;1-7-4-3-6(5-7)8-2/h5H,4,6-9H2,1-3H3,(H,12,14);1-2,5-6H,3-4H2,(H,13,14,16);6H,3-5H2,1-2H3. The van der Waals surface area contributed by atoms with Gasteiger partial charge in [-0.15, -0.1) is 0 Å². The van der Waals surface area contributed by atoms with Crippen LogP contribution in [0.25, 0.3) is 0 Å². The van der Waals surface area contributed by atoms with Gasteiger partial charge in [-0.1, -0.05) is 23.2 Å². The minimum atomic E-state index is -0.492. The third-order valence-corrected chi connectivity index (χ3v) is 7.17. The average molecular weight is 637 g/mol. The zero-order valence-electron chi connectivity index (χ0n) is 24.5. The van der Waals surface area contributed by atoms with Crippen LogP contribution in [-0.4, -0.2) is 106 Å². The monoisotopic (exact) mass is 635 g/mol. The summed E-state index contributed by atoms with van der Waals surface area (Å²) in [5, 5.41) is 13.0. The molecule has 11 nitrogen and oxygen atoms in total. The van der Waals surface area contributed by atoms with Gasteiger partial charge in [0.05, 0.1) is 35.6 Å². The lowest BCUT2D eigenvalue weighted by atomic mass is 10.2. The summed E-state index contributed by atoms with van der Waals surface area (Å²) >= 11 is 13.7. The highest BCUT2D eigenvalue weighted by molar-refractivity contribution is 7.99. The van der Waals surface area contributed by atoms with Crippen molar-refractivity contribution in [1.82, 2.24) is 15.5 Å². The van der Waals surface area contributed by atoms with E-state index in [4.69, 9.17) is 37.4 Å². The van der Waals surface area contributed by atoms with E-state index in [2.05, 4.69) is 33.9 Å². The van der Waals surface area contributed by atoms with Crippen LogP contribution in [-0.2, 0) is 23.8 Å². The first-order valence-corrected chi connectivity index (χ1v) is 15.3. The molecule has 14 heteroatoms. The second-order valence-corrected chi connectivity index (χ2v) is 11.9. The SMILES string of the molecule is CC(C)(C)OC(=O)NCCOCCOCC=O.CSC1CCN(C)C1.O=CNC1=NN(c2ccc(Cl)c(Cl)c2)CC1. The van der Waals surface area contributed by atoms with E-state index in [1.165, 1.54) is 19.5 Å². The summed E-state index contributed by atoms with van der Waals surface area (Å²) in [6.45, 7) is 10.3. The average Bonchev–Trinajstić information content (AvgIpc) is 3.56. The van der Waals surface area contributed by atoms with E-state index in [1.807, 2.05) is 17.8 Å². The molecule has 0 spiro atoms. The van der Waals surface area contributed by atoms with E-state index in [1.54, 1.807) is 37.9 Å². The van der Waals surface area contributed by atoms with Crippen molar-refractivity contribution in [1.29, 1.82) is 0 Å². The molecule has 0 saturated carbocycles. The Morgan fingerprint density at radius 2 is 1.88 bits per heavy atom. The van der Waals surface area contributed by atoms with Gasteiger partial charge in [0.2, 0.25) is 6.41 Å². The maximum absolute atomic E-state index is 11.2. The summed E-state index contributed by atoms with van der Waals surface area (Å²) in [4.78, 5) is 33.7. The van der Waals surface area contributed by atoms with E-state index in [0.717, 1.165) is 10.9 Å². The lowest BCUT2D eigenvalue weighted by molar-refractivity contribution is -0.112. The molecular weight excluding hydrogens is 593 g/mol. The van der Waals surface area contributed by atoms with Crippen LogP contribution >= 0.6 is 35.0 Å². The van der Waals surface area contributed by atoms with Gasteiger partial charge in [-0.05, 0) is 65.2 Å². The Morgan fingerprint density at radius 1 is 1.15 bits per heavy atom. The highest BCUT2D eigenvalue weighted by Crippen LogP contribution is 2.28. The fourth-order valence-electron chi connectivity index (χ4n) is 3.44. The van der Waals surface area contributed by atoms with Crippen LogP contribution in [0.1, 0.15) is 33.6 Å². The maximum atomic E-state index is 11.2. The highest BCUT2D eigenvalue weighted by atomic mass is 35.5. The van der Waals surface area contributed by atoms with Crippen molar-refractivity contribution < 1.29 is 28.6 Å². The van der Waals surface area contributed by atoms with Crippen LogP contribution in [0.4, 0.5) is 10.5 Å². The van der Waals surface area contributed by atoms with Gasteiger partial charge in [0, 0.05) is 31.3 Å². The largest absolute Gasteiger partial charge is 0.444 e. The van der Waals surface area contributed by atoms with Gasteiger partial charge < -0.3 is 34.5 Å². The highest BCUT2D eigenvalue weighted by Gasteiger charge is 2.18. The van der Waals surface area contributed by atoms with E-state index in [0.29, 0.717) is 67.9 Å². The number of carbonyl (C=O) groups excluding carboxylic acids is 3. The van der Waals surface area contributed by atoms with Crippen LogP contribution in [0.15, 0.2) is 23.3 Å². The Kier molecular flexibility index (Phi) is 18.7. The van der Waals surface area contributed by atoms with E-state index < -0.39 is 11.7 Å². The first kappa shape index (κ1) is 36.9. The summed E-state index contributed by atoms with van der Waals surface area (Å²) in [6.07, 6.45) is 5.14. The molecule has 2 N–H and O–H groups in total. The second-order valence-electron chi connectivity index (χ2n) is 9.97. The lowest BCUT2D eigenvalue weighted by Gasteiger charge is -2.19. The van der Waals surface area contributed by atoms with Crippen molar-refractivity contribution in [3.63, 3.8) is 0 Å². The number of hydrogen-bond acceptors (Lipinski definition) is 10. The number of benzene rings is 1. The summed E-state index contributed by atoms with van der Waals surface area (Å²) < 4.78 is 15.0. The lowest BCUT2D eigenvalue weighted by Crippen LogP contribution is -2.34. The minimum Gasteiger partial charge on any atom is -0.444 e. The second kappa shape index (κ2) is 20.7. The number of halogens is 2. The number of nitrogens with one attached hydrogen (secondary N) is 2. The van der Waals surface area contributed by atoms with Crippen molar-refractivity contribution in [2.45, 2.75) is 44.5 Å². The third kappa shape index (κ3) is 17.5. The number of hydrogen-bond donors (Lipinski definition) is 2. The number of rotatable bonds is 11. The molecule has 2 aliphatic rings. The van der Waals surface area contributed by atoms with Crippen molar-refractivity contribution in [2.24, 2.45) is 5.10 Å². The van der Waals surface area contributed by atoms with Crippen LogP contribution in [0.5, 0.6) is 0 Å². The molecule has 0 aromatic heterocycles. The molecule has 1 atom stereocenters. The Bertz CT molecular complexity index is 967.